The van der Waals surface area contributed by atoms with Crippen molar-refractivity contribution in [2.75, 3.05) is 0 Å². The fourth-order valence-electron chi connectivity index (χ4n) is 4.01. The standard InChI is InChI=1S/C19H30/c1-4-5-16-19(3,17-12-8-6-9-13-17)18(2)14-10-7-11-15-18/h6,8-9,12-13H,4-5,7,10-11,14-16H2,1-3H3/t19-/m1/s1. The second-order valence-electron chi connectivity index (χ2n) is 6.92. The van der Waals surface area contributed by atoms with Crippen molar-refractivity contribution in [3.8, 4) is 0 Å². The molecule has 1 atom stereocenters. The lowest BCUT2D eigenvalue weighted by molar-refractivity contribution is 0.0846. The van der Waals surface area contributed by atoms with Crippen molar-refractivity contribution in [3.05, 3.63) is 35.9 Å². The average Bonchev–Trinajstić information content (AvgIpc) is 2.46. The molecule has 106 valence electrons. The summed E-state index contributed by atoms with van der Waals surface area (Å²) in [5, 5.41) is 0. The summed E-state index contributed by atoms with van der Waals surface area (Å²) in [5.74, 6) is 0. The van der Waals surface area contributed by atoms with Crippen LogP contribution in [0.1, 0.15) is 77.7 Å². The largest absolute Gasteiger partial charge is 0.0654 e. The second-order valence-corrected chi connectivity index (χ2v) is 6.92. The molecular formula is C19H30. The van der Waals surface area contributed by atoms with E-state index in [-0.39, 0.29) is 0 Å². The minimum absolute atomic E-state index is 0.352. The first kappa shape index (κ1) is 14.6. The zero-order valence-corrected chi connectivity index (χ0v) is 13.0. The highest BCUT2D eigenvalue weighted by molar-refractivity contribution is 5.28. The Labute approximate surface area is 119 Å². The summed E-state index contributed by atoms with van der Waals surface area (Å²) in [4.78, 5) is 0. The third kappa shape index (κ3) is 2.88. The summed E-state index contributed by atoms with van der Waals surface area (Å²) in [6, 6.07) is 11.3. The van der Waals surface area contributed by atoms with E-state index >= 15 is 0 Å². The summed E-state index contributed by atoms with van der Waals surface area (Å²) in [5.41, 5.74) is 2.40. The SMILES string of the molecule is CCCC[C@](C)(c1ccccc1)C1(C)CCCCC1. The summed E-state index contributed by atoms with van der Waals surface area (Å²) >= 11 is 0. The van der Waals surface area contributed by atoms with Crippen molar-refractivity contribution in [1.29, 1.82) is 0 Å². The lowest BCUT2D eigenvalue weighted by Gasteiger charge is -2.50. The van der Waals surface area contributed by atoms with Crippen LogP contribution < -0.4 is 0 Å². The fraction of sp³-hybridized carbons (Fsp3) is 0.684. The highest BCUT2D eigenvalue weighted by Gasteiger charge is 2.45. The van der Waals surface area contributed by atoms with E-state index in [0.29, 0.717) is 10.8 Å². The van der Waals surface area contributed by atoms with Gasteiger partial charge in [-0.1, -0.05) is 83.2 Å². The minimum Gasteiger partial charge on any atom is -0.0654 e. The molecule has 0 radical (unpaired) electrons. The molecule has 1 aliphatic rings. The van der Waals surface area contributed by atoms with E-state index in [1.807, 2.05) is 0 Å². The molecular weight excluding hydrogens is 228 g/mol. The zero-order valence-electron chi connectivity index (χ0n) is 13.0. The van der Waals surface area contributed by atoms with E-state index in [1.165, 1.54) is 51.4 Å². The van der Waals surface area contributed by atoms with Crippen molar-refractivity contribution < 1.29 is 0 Å². The Morgan fingerprint density at radius 2 is 1.68 bits per heavy atom. The van der Waals surface area contributed by atoms with Crippen LogP contribution in [-0.4, -0.2) is 0 Å². The normalized spacial score (nSPS) is 21.8. The van der Waals surface area contributed by atoms with E-state index in [2.05, 4.69) is 51.1 Å². The number of hydrogen-bond acceptors (Lipinski definition) is 0. The van der Waals surface area contributed by atoms with E-state index in [9.17, 15) is 0 Å². The van der Waals surface area contributed by atoms with E-state index < -0.39 is 0 Å². The van der Waals surface area contributed by atoms with Crippen molar-refractivity contribution in [3.63, 3.8) is 0 Å². The molecule has 0 heteroatoms. The minimum atomic E-state index is 0.352. The first-order valence-corrected chi connectivity index (χ1v) is 8.18. The summed E-state index contributed by atoms with van der Waals surface area (Å²) < 4.78 is 0. The highest BCUT2D eigenvalue weighted by atomic mass is 14.5. The molecule has 1 fully saturated rings. The van der Waals surface area contributed by atoms with Gasteiger partial charge >= 0.3 is 0 Å². The first-order valence-electron chi connectivity index (χ1n) is 8.18. The Morgan fingerprint density at radius 1 is 1.05 bits per heavy atom. The summed E-state index contributed by atoms with van der Waals surface area (Å²) in [6.07, 6.45) is 11.1. The van der Waals surface area contributed by atoms with Gasteiger partial charge in [0, 0.05) is 0 Å². The van der Waals surface area contributed by atoms with Gasteiger partial charge in [-0.15, -0.1) is 0 Å². The van der Waals surface area contributed by atoms with Crippen LogP contribution in [0.4, 0.5) is 0 Å². The third-order valence-electron chi connectivity index (χ3n) is 5.73. The Hall–Kier alpha value is -0.780. The van der Waals surface area contributed by atoms with Crippen LogP contribution >= 0.6 is 0 Å². The molecule has 0 bridgehead atoms. The van der Waals surface area contributed by atoms with Crippen LogP contribution in [0.15, 0.2) is 30.3 Å². The summed E-state index contributed by atoms with van der Waals surface area (Å²) in [7, 11) is 0. The van der Waals surface area contributed by atoms with Gasteiger partial charge in [0.15, 0.2) is 0 Å². The third-order valence-corrected chi connectivity index (χ3v) is 5.73. The molecule has 1 aromatic rings. The quantitative estimate of drug-likeness (QED) is 0.598. The molecule has 0 N–H and O–H groups in total. The molecule has 0 saturated heterocycles. The molecule has 19 heavy (non-hydrogen) atoms. The molecule has 0 nitrogen and oxygen atoms in total. The number of benzene rings is 1. The van der Waals surface area contributed by atoms with E-state index in [4.69, 9.17) is 0 Å². The molecule has 0 aliphatic heterocycles. The van der Waals surface area contributed by atoms with Gasteiger partial charge in [0.1, 0.15) is 0 Å². The molecule has 2 rings (SSSR count). The lowest BCUT2D eigenvalue weighted by atomic mass is 9.54. The maximum Gasteiger partial charge on any atom is -0.00215 e. The van der Waals surface area contributed by atoms with Crippen LogP contribution in [0.3, 0.4) is 0 Å². The number of hydrogen-bond donors (Lipinski definition) is 0. The van der Waals surface area contributed by atoms with Gasteiger partial charge in [-0.3, -0.25) is 0 Å². The van der Waals surface area contributed by atoms with Crippen molar-refractivity contribution in [2.24, 2.45) is 5.41 Å². The predicted molar refractivity (Wildman–Crippen MR) is 84.5 cm³/mol. The lowest BCUT2D eigenvalue weighted by Crippen LogP contribution is -2.43. The van der Waals surface area contributed by atoms with Gasteiger partial charge in [-0.2, -0.15) is 0 Å². The van der Waals surface area contributed by atoms with Gasteiger partial charge in [0.25, 0.3) is 0 Å². The second kappa shape index (κ2) is 6.11. The molecule has 0 heterocycles. The molecule has 0 spiro atoms. The van der Waals surface area contributed by atoms with Gasteiger partial charge in [-0.05, 0) is 35.7 Å². The Morgan fingerprint density at radius 3 is 2.26 bits per heavy atom. The Bertz CT molecular complexity index is 372. The van der Waals surface area contributed by atoms with Crippen LogP contribution in [-0.2, 0) is 5.41 Å². The van der Waals surface area contributed by atoms with Crippen LogP contribution in [0.25, 0.3) is 0 Å². The molecule has 0 amide bonds. The molecule has 1 saturated carbocycles. The topological polar surface area (TPSA) is 0 Å². The molecule has 1 aromatic carbocycles. The maximum atomic E-state index is 2.55. The van der Waals surface area contributed by atoms with Gasteiger partial charge in [-0.25, -0.2) is 0 Å². The van der Waals surface area contributed by atoms with Crippen LogP contribution in [0, 0.1) is 5.41 Å². The smallest absolute Gasteiger partial charge is 0.00215 e. The van der Waals surface area contributed by atoms with Crippen molar-refractivity contribution in [2.45, 2.75) is 77.6 Å². The highest BCUT2D eigenvalue weighted by Crippen LogP contribution is 2.53. The first-order chi connectivity index (χ1) is 9.12. The van der Waals surface area contributed by atoms with E-state index in [1.54, 1.807) is 5.56 Å². The van der Waals surface area contributed by atoms with Gasteiger partial charge in [0.2, 0.25) is 0 Å². The zero-order chi connectivity index (χ0) is 13.8. The predicted octanol–water partition coefficient (Wildman–Crippen LogP) is 6.10. The molecule has 0 aromatic heterocycles. The average molecular weight is 258 g/mol. The van der Waals surface area contributed by atoms with E-state index in [0.717, 1.165) is 0 Å². The van der Waals surface area contributed by atoms with Crippen LogP contribution in [0.2, 0.25) is 0 Å². The Balaban J connectivity index is 2.33. The molecule has 0 unspecified atom stereocenters. The monoisotopic (exact) mass is 258 g/mol. The van der Waals surface area contributed by atoms with Gasteiger partial charge < -0.3 is 0 Å². The molecule has 1 aliphatic carbocycles. The van der Waals surface area contributed by atoms with Crippen molar-refractivity contribution >= 4 is 0 Å². The summed E-state index contributed by atoms with van der Waals surface area (Å²) in [6.45, 7) is 7.40. The van der Waals surface area contributed by atoms with Crippen LogP contribution in [0.5, 0.6) is 0 Å². The number of rotatable bonds is 5. The maximum absolute atomic E-state index is 2.55. The fourth-order valence-corrected chi connectivity index (χ4v) is 4.01. The van der Waals surface area contributed by atoms with Gasteiger partial charge in [0.05, 0.1) is 0 Å². The Kier molecular flexibility index (Phi) is 4.71. The number of unbranched alkanes of at least 4 members (excludes halogenated alkanes) is 1. The van der Waals surface area contributed by atoms with Crippen molar-refractivity contribution in [1.82, 2.24) is 0 Å².